The molecule has 0 unspecified atom stereocenters. The van der Waals surface area contributed by atoms with Gasteiger partial charge in [-0.25, -0.2) is 4.39 Å². The molecule has 2 aromatic carbocycles. The number of nitrogens with one attached hydrogen (secondary N) is 1. The third kappa shape index (κ3) is 5.87. The highest BCUT2D eigenvalue weighted by atomic mass is 19.1. The van der Waals surface area contributed by atoms with Gasteiger partial charge in [0.2, 0.25) is 5.91 Å². The van der Waals surface area contributed by atoms with Gasteiger partial charge in [-0.05, 0) is 35.4 Å². The van der Waals surface area contributed by atoms with Gasteiger partial charge in [-0.2, -0.15) is 0 Å². The molecular formula is C24H28FN5O3. The number of amides is 1. The van der Waals surface area contributed by atoms with E-state index in [1.807, 2.05) is 18.2 Å². The Morgan fingerprint density at radius 1 is 1.03 bits per heavy atom. The normalized spacial score (nSPS) is 13.8. The first-order chi connectivity index (χ1) is 16.0. The standard InChI is InChI=1S/C24H28FN5O3/c1-32-20-11-18(12-21(14-20)33-2)16-29-7-6-22-27-28-23(30(22)9-8-29)15-26-24(31)13-17-4-3-5-19(25)10-17/h3-5,10-12,14H,6-9,13,15-16H2,1-2H3,(H,26,31). The van der Waals surface area contributed by atoms with Gasteiger partial charge in [-0.3, -0.25) is 9.69 Å². The highest BCUT2D eigenvalue weighted by Gasteiger charge is 2.19. The Hall–Kier alpha value is -3.46. The molecule has 0 radical (unpaired) electrons. The summed E-state index contributed by atoms with van der Waals surface area (Å²) in [6.45, 7) is 3.47. The summed E-state index contributed by atoms with van der Waals surface area (Å²) in [5, 5.41) is 11.5. The molecule has 0 fully saturated rings. The van der Waals surface area contributed by atoms with Crippen molar-refractivity contribution in [3.63, 3.8) is 0 Å². The smallest absolute Gasteiger partial charge is 0.224 e. The molecule has 0 atom stereocenters. The molecule has 0 saturated carbocycles. The zero-order valence-corrected chi connectivity index (χ0v) is 18.9. The second-order valence-electron chi connectivity index (χ2n) is 8.01. The van der Waals surface area contributed by atoms with Gasteiger partial charge in [0.05, 0.1) is 27.2 Å². The molecule has 9 heteroatoms. The highest BCUT2D eigenvalue weighted by Crippen LogP contribution is 2.24. The minimum atomic E-state index is -0.347. The molecule has 3 aromatic rings. The molecule has 8 nitrogen and oxygen atoms in total. The van der Waals surface area contributed by atoms with E-state index in [4.69, 9.17) is 9.47 Å². The number of halogens is 1. The molecule has 1 aromatic heterocycles. The molecule has 174 valence electrons. The minimum Gasteiger partial charge on any atom is -0.497 e. The van der Waals surface area contributed by atoms with Crippen LogP contribution in [0, 0.1) is 5.82 Å². The van der Waals surface area contributed by atoms with E-state index in [1.165, 1.54) is 12.1 Å². The molecule has 0 bridgehead atoms. The van der Waals surface area contributed by atoms with E-state index < -0.39 is 0 Å². The van der Waals surface area contributed by atoms with Crippen LogP contribution in [0.2, 0.25) is 0 Å². The molecular weight excluding hydrogens is 425 g/mol. The van der Waals surface area contributed by atoms with Crippen LogP contribution in [-0.2, 0) is 37.3 Å². The summed E-state index contributed by atoms with van der Waals surface area (Å²) < 4.78 is 26.2. The number of benzene rings is 2. The number of hydrogen-bond donors (Lipinski definition) is 1. The van der Waals surface area contributed by atoms with E-state index in [2.05, 4.69) is 25.0 Å². The maximum absolute atomic E-state index is 13.3. The average Bonchev–Trinajstić information content (AvgIpc) is 3.09. The van der Waals surface area contributed by atoms with Crippen molar-refractivity contribution in [1.29, 1.82) is 0 Å². The van der Waals surface area contributed by atoms with Gasteiger partial charge in [-0.15, -0.1) is 10.2 Å². The second-order valence-corrected chi connectivity index (χ2v) is 8.01. The van der Waals surface area contributed by atoms with Crippen LogP contribution in [0.4, 0.5) is 4.39 Å². The molecule has 1 N–H and O–H groups in total. The number of ether oxygens (including phenoxy) is 2. The number of rotatable bonds is 8. The van der Waals surface area contributed by atoms with Crippen LogP contribution in [0.25, 0.3) is 0 Å². The first-order valence-electron chi connectivity index (χ1n) is 10.9. The average molecular weight is 454 g/mol. The van der Waals surface area contributed by atoms with Gasteiger partial charge in [0.25, 0.3) is 0 Å². The van der Waals surface area contributed by atoms with Gasteiger partial charge in [0, 0.05) is 38.7 Å². The Labute approximate surface area is 192 Å². The van der Waals surface area contributed by atoms with Gasteiger partial charge in [0.1, 0.15) is 23.1 Å². The summed E-state index contributed by atoms with van der Waals surface area (Å²) in [5.41, 5.74) is 1.76. The van der Waals surface area contributed by atoms with Crippen molar-refractivity contribution >= 4 is 5.91 Å². The maximum atomic E-state index is 13.3. The lowest BCUT2D eigenvalue weighted by Crippen LogP contribution is -2.28. The van der Waals surface area contributed by atoms with Crippen LogP contribution in [0.15, 0.2) is 42.5 Å². The number of fused-ring (bicyclic) bond motifs is 1. The van der Waals surface area contributed by atoms with Crippen molar-refractivity contribution in [2.24, 2.45) is 0 Å². The third-order valence-electron chi connectivity index (χ3n) is 5.71. The lowest BCUT2D eigenvalue weighted by molar-refractivity contribution is -0.120. The zero-order chi connectivity index (χ0) is 23.2. The summed E-state index contributed by atoms with van der Waals surface area (Å²) >= 11 is 0. The number of hydrogen-bond acceptors (Lipinski definition) is 6. The summed E-state index contributed by atoms with van der Waals surface area (Å²) in [6, 6.07) is 12.0. The Morgan fingerprint density at radius 2 is 1.82 bits per heavy atom. The summed E-state index contributed by atoms with van der Waals surface area (Å²) in [6.07, 6.45) is 0.891. The molecule has 4 rings (SSSR count). The Kier molecular flexibility index (Phi) is 7.19. The van der Waals surface area contributed by atoms with Crippen LogP contribution in [-0.4, -0.2) is 52.9 Å². The topological polar surface area (TPSA) is 81.5 Å². The fourth-order valence-electron chi connectivity index (χ4n) is 4.00. The van der Waals surface area contributed by atoms with Crippen LogP contribution >= 0.6 is 0 Å². The van der Waals surface area contributed by atoms with Crippen LogP contribution in [0.3, 0.4) is 0 Å². The summed E-state index contributed by atoms with van der Waals surface area (Å²) in [7, 11) is 3.30. The molecule has 33 heavy (non-hydrogen) atoms. The Morgan fingerprint density at radius 3 is 2.55 bits per heavy atom. The number of carbonyl (C=O) groups excluding carboxylic acids is 1. The molecule has 0 spiro atoms. The van der Waals surface area contributed by atoms with Crippen molar-refractivity contribution in [2.45, 2.75) is 32.5 Å². The molecule has 0 saturated heterocycles. The van der Waals surface area contributed by atoms with Crippen molar-refractivity contribution in [2.75, 3.05) is 27.3 Å². The molecule has 1 amide bonds. The number of methoxy groups -OCH3 is 2. The van der Waals surface area contributed by atoms with E-state index in [0.29, 0.717) is 5.56 Å². The predicted octanol–water partition coefficient (Wildman–Crippen LogP) is 2.35. The number of carbonyl (C=O) groups is 1. The minimum absolute atomic E-state index is 0.122. The van der Waals surface area contributed by atoms with Crippen LogP contribution in [0.5, 0.6) is 11.5 Å². The van der Waals surface area contributed by atoms with Crippen molar-refractivity contribution in [1.82, 2.24) is 25.0 Å². The van der Waals surface area contributed by atoms with E-state index in [9.17, 15) is 9.18 Å². The van der Waals surface area contributed by atoms with Gasteiger partial charge in [0.15, 0.2) is 5.82 Å². The fraction of sp³-hybridized carbons (Fsp3) is 0.375. The zero-order valence-electron chi connectivity index (χ0n) is 18.9. The fourth-order valence-corrected chi connectivity index (χ4v) is 4.00. The van der Waals surface area contributed by atoms with E-state index in [0.717, 1.165) is 61.3 Å². The van der Waals surface area contributed by atoms with Gasteiger partial charge >= 0.3 is 0 Å². The molecule has 2 heterocycles. The number of nitrogens with zero attached hydrogens (tertiary/aromatic N) is 4. The van der Waals surface area contributed by atoms with Crippen molar-refractivity contribution in [3.8, 4) is 11.5 Å². The predicted molar refractivity (Wildman–Crippen MR) is 120 cm³/mol. The highest BCUT2D eigenvalue weighted by molar-refractivity contribution is 5.78. The van der Waals surface area contributed by atoms with Crippen LogP contribution < -0.4 is 14.8 Å². The molecule has 1 aliphatic rings. The molecule has 0 aliphatic carbocycles. The van der Waals surface area contributed by atoms with Crippen LogP contribution in [0.1, 0.15) is 22.8 Å². The van der Waals surface area contributed by atoms with Crippen molar-refractivity contribution < 1.29 is 18.7 Å². The van der Waals surface area contributed by atoms with E-state index in [-0.39, 0.29) is 24.7 Å². The first kappa shape index (κ1) is 22.7. The lowest BCUT2D eigenvalue weighted by atomic mass is 10.1. The Balaban J connectivity index is 1.34. The summed E-state index contributed by atoms with van der Waals surface area (Å²) in [4.78, 5) is 14.7. The summed E-state index contributed by atoms with van der Waals surface area (Å²) in [5.74, 6) is 2.65. The monoisotopic (exact) mass is 453 g/mol. The van der Waals surface area contributed by atoms with E-state index in [1.54, 1.807) is 26.4 Å². The second kappa shape index (κ2) is 10.4. The first-order valence-corrected chi connectivity index (χ1v) is 10.9. The Bertz CT molecular complexity index is 1090. The largest absolute Gasteiger partial charge is 0.497 e. The third-order valence-corrected chi connectivity index (χ3v) is 5.71. The molecule has 1 aliphatic heterocycles. The van der Waals surface area contributed by atoms with E-state index >= 15 is 0 Å². The lowest BCUT2D eigenvalue weighted by Gasteiger charge is -2.20. The quantitative estimate of drug-likeness (QED) is 0.564. The number of aromatic nitrogens is 3. The van der Waals surface area contributed by atoms with Gasteiger partial charge < -0.3 is 19.4 Å². The van der Waals surface area contributed by atoms with Crippen molar-refractivity contribution in [3.05, 3.63) is 71.1 Å². The van der Waals surface area contributed by atoms with Gasteiger partial charge in [-0.1, -0.05) is 12.1 Å². The maximum Gasteiger partial charge on any atom is 0.224 e. The SMILES string of the molecule is COc1cc(CN2CCc3nnc(CNC(=O)Cc4cccc(F)c4)n3CC2)cc(OC)c1.